The van der Waals surface area contributed by atoms with Gasteiger partial charge in [0.15, 0.2) is 0 Å². The Bertz CT molecular complexity index is 234. The number of hydrogen-bond acceptors (Lipinski definition) is 5. The van der Waals surface area contributed by atoms with Crippen molar-refractivity contribution >= 4 is 8.80 Å². The van der Waals surface area contributed by atoms with Crippen molar-refractivity contribution in [3.63, 3.8) is 0 Å². The molecule has 0 spiro atoms. The zero-order valence-electron chi connectivity index (χ0n) is 15.9. The minimum Gasteiger partial charge on any atom is -0.377 e. The lowest BCUT2D eigenvalue weighted by atomic mass is 10.1. The minimum absolute atomic E-state index is 0.856. The van der Waals surface area contributed by atoms with Gasteiger partial charge in [-0.25, -0.2) is 0 Å². The molecule has 0 amide bonds. The van der Waals surface area contributed by atoms with E-state index >= 15 is 0 Å². The van der Waals surface area contributed by atoms with Crippen LogP contribution in [0.5, 0.6) is 0 Å². The molecule has 0 bridgehead atoms. The molecule has 0 unspecified atom stereocenters. The van der Waals surface area contributed by atoms with Crippen LogP contribution in [0.2, 0.25) is 6.04 Å². The Morgan fingerprint density at radius 1 is 0.609 bits per heavy atom. The molecule has 23 heavy (non-hydrogen) atoms. The van der Waals surface area contributed by atoms with Gasteiger partial charge in [-0.05, 0) is 25.9 Å². The molecule has 0 aromatic heterocycles. The molecule has 0 atom stereocenters. The molecule has 6 heteroatoms. The standard InChI is InChI=1S/C17H40N2O3Si/c1-5-6-7-8-9-10-11-13-18-15-16-19-14-12-17-23(20-2,21-3)22-4/h18-19H,5-17H2,1-4H3. The highest BCUT2D eigenvalue weighted by atomic mass is 28.4. The summed E-state index contributed by atoms with van der Waals surface area (Å²) < 4.78 is 16.2. The lowest BCUT2D eigenvalue weighted by molar-refractivity contribution is 0.123. The molecule has 0 aliphatic carbocycles. The fraction of sp³-hybridized carbons (Fsp3) is 1.00. The second-order valence-electron chi connectivity index (χ2n) is 6.02. The Labute approximate surface area is 145 Å². The van der Waals surface area contributed by atoms with Crippen molar-refractivity contribution in [2.24, 2.45) is 0 Å². The molecule has 5 nitrogen and oxygen atoms in total. The van der Waals surface area contributed by atoms with Gasteiger partial charge in [-0.15, -0.1) is 0 Å². The van der Waals surface area contributed by atoms with Crippen LogP contribution in [0.15, 0.2) is 0 Å². The molecule has 0 aliphatic heterocycles. The molecule has 0 rings (SSSR count). The third-order valence-electron chi connectivity index (χ3n) is 4.21. The van der Waals surface area contributed by atoms with E-state index in [1.165, 1.54) is 44.9 Å². The van der Waals surface area contributed by atoms with Gasteiger partial charge in [0.05, 0.1) is 0 Å². The quantitative estimate of drug-likeness (QED) is 0.294. The van der Waals surface area contributed by atoms with Gasteiger partial charge in [-0.2, -0.15) is 0 Å². The molecular weight excluding hydrogens is 308 g/mol. The van der Waals surface area contributed by atoms with Crippen molar-refractivity contribution in [2.75, 3.05) is 47.5 Å². The van der Waals surface area contributed by atoms with Crippen LogP contribution in [-0.2, 0) is 13.3 Å². The van der Waals surface area contributed by atoms with Crippen molar-refractivity contribution in [2.45, 2.75) is 64.3 Å². The summed E-state index contributed by atoms with van der Waals surface area (Å²) in [5.74, 6) is 0. The highest BCUT2D eigenvalue weighted by Crippen LogP contribution is 2.14. The van der Waals surface area contributed by atoms with Crippen LogP contribution in [-0.4, -0.2) is 56.3 Å². The van der Waals surface area contributed by atoms with Gasteiger partial charge in [0.1, 0.15) is 0 Å². The van der Waals surface area contributed by atoms with Crippen molar-refractivity contribution in [3.8, 4) is 0 Å². The minimum atomic E-state index is -2.38. The van der Waals surface area contributed by atoms with Gasteiger partial charge in [0.25, 0.3) is 0 Å². The Morgan fingerprint density at radius 2 is 1.09 bits per heavy atom. The molecular formula is C17H40N2O3Si. The summed E-state index contributed by atoms with van der Waals surface area (Å²) in [6, 6.07) is 0.856. The zero-order chi connectivity index (χ0) is 17.2. The Balaban J connectivity index is 3.25. The normalized spacial score (nSPS) is 12.0. The van der Waals surface area contributed by atoms with Gasteiger partial charge in [-0.3, -0.25) is 0 Å². The number of unbranched alkanes of at least 4 members (excludes halogenated alkanes) is 6. The van der Waals surface area contributed by atoms with E-state index in [-0.39, 0.29) is 0 Å². The highest BCUT2D eigenvalue weighted by molar-refractivity contribution is 6.60. The molecule has 0 saturated heterocycles. The van der Waals surface area contributed by atoms with Gasteiger partial charge >= 0.3 is 8.80 Å². The van der Waals surface area contributed by atoms with E-state index in [1.807, 2.05) is 0 Å². The molecule has 0 aromatic rings. The van der Waals surface area contributed by atoms with E-state index in [0.29, 0.717) is 0 Å². The summed E-state index contributed by atoms with van der Waals surface area (Å²) in [5, 5.41) is 6.95. The van der Waals surface area contributed by atoms with Crippen LogP contribution in [0, 0.1) is 0 Å². The monoisotopic (exact) mass is 348 g/mol. The lowest BCUT2D eigenvalue weighted by Crippen LogP contribution is -2.43. The smallest absolute Gasteiger partial charge is 0.377 e. The van der Waals surface area contributed by atoms with Crippen molar-refractivity contribution in [1.82, 2.24) is 10.6 Å². The average Bonchev–Trinajstić information content (AvgIpc) is 2.59. The summed E-state index contributed by atoms with van der Waals surface area (Å²) in [4.78, 5) is 0. The Hall–Kier alpha value is 0.0169. The summed E-state index contributed by atoms with van der Waals surface area (Å²) >= 11 is 0. The third kappa shape index (κ3) is 13.0. The highest BCUT2D eigenvalue weighted by Gasteiger charge is 2.36. The van der Waals surface area contributed by atoms with Crippen LogP contribution < -0.4 is 10.6 Å². The van der Waals surface area contributed by atoms with Gasteiger partial charge in [-0.1, -0.05) is 45.4 Å². The van der Waals surface area contributed by atoms with Crippen LogP contribution >= 0.6 is 0 Å². The maximum absolute atomic E-state index is 5.40. The first kappa shape index (κ1) is 23.0. The van der Waals surface area contributed by atoms with Crippen LogP contribution in [0.3, 0.4) is 0 Å². The maximum atomic E-state index is 5.40. The van der Waals surface area contributed by atoms with Crippen LogP contribution in [0.4, 0.5) is 0 Å². The average molecular weight is 349 g/mol. The molecule has 0 heterocycles. The van der Waals surface area contributed by atoms with E-state index in [2.05, 4.69) is 17.6 Å². The van der Waals surface area contributed by atoms with Crippen LogP contribution in [0.1, 0.15) is 58.3 Å². The predicted octanol–water partition coefficient (Wildman–Crippen LogP) is 3.18. The van der Waals surface area contributed by atoms with Crippen molar-refractivity contribution in [3.05, 3.63) is 0 Å². The first-order valence-corrected chi connectivity index (χ1v) is 11.2. The molecule has 0 saturated carbocycles. The van der Waals surface area contributed by atoms with Crippen LogP contribution in [0.25, 0.3) is 0 Å². The molecule has 2 N–H and O–H groups in total. The third-order valence-corrected chi connectivity index (χ3v) is 7.04. The second kappa shape index (κ2) is 16.9. The van der Waals surface area contributed by atoms with Gasteiger partial charge in [0.2, 0.25) is 0 Å². The van der Waals surface area contributed by atoms with E-state index in [0.717, 1.165) is 38.6 Å². The fourth-order valence-electron chi connectivity index (χ4n) is 2.62. The van der Waals surface area contributed by atoms with Crippen molar-refractivity contribution in [1.29, 1.82) is 0 Å². The van der Waals surface area contributed by atoms with Crippen molar-refractivity contribution < 1.29 is 13.3 Å². The summed E-state index contributed by atoms with van der Waals surface area (Å²) in [6.07, 6.45) is 10.6. The number of nitrogens with one attached hydrogen (secondary N) is 2. The summed E-state index contributed by atoms with van der Waals surface area (Å²) in [5.41, 5.74) is 0. The summed E-state index contributed by atoms with van der Waals surface area (Å²) in [6.45, 7) is 6.44. The number of rotatable bonds is 18. The molecule has 0 aliphatic rings. The molecule has 0 radical (unpaired) electrons. The van der Waals surface area contributed by atoms with E-state index in [4.69, 9.17) is 13.3 Å². The maximum Gasteiger partial charge on any atom is 0.500 e. The Morgan fingerprint density at radius 3 is 1.61 bits per heavy atom. The lowest BCUT2D eigenvalue weighted by Gasteiger charge is -2.24. The Kier molecular flexibility index (Phi) is 16.9. The van der Waals surface area contributed by atoms with Gasteiger partial charge in [0, 0.05) is 40.5 Å². The molecule has 0 fully saturated rings. The fourth-order valence-corrected chi connectivity index (χ4v) is 4.34. The first-order chi connectivity index (χ1) is 11.2. The zero-order valence-corrected chi connectivity index (χ0v) is 16.9. The van der Waals surface area contributed by atoms with E-state index < -0.39 is 8.80 Å². The summed E-state index contributed by atoms with van der Waals surface area (Å²) in [7, 11) is 2.63. The topological polar surface area (TPSA) is 51.8 Å². The van der Waals surface area contributed by atoms with E-state index in [1.54, 1.807) is 21.3 Å². The van der Waals surface area contributed by atoms with Gasteiger partial charge < -0.3 is 23.9 Å². The SMILES string of the molecule is CCCCCCCCCNCCNCCC[Si](OC)(OC)OC. The predicted molar refractivity (Wildman–Crippen MR) is 99.9 cm³/mol. The number of hydrogen-bond donors (Lipinski definition) is 2. The molecule has 140 valence electrons. The van der Waals surface area contributed by atoms with E-state index in [9.17, 15) is 0 Å². The second-order valence-corrected chi connectivity index (χ2v) is 9.11. The first-order valence-electron chi connectivity index (χ1n) is 9.31. The molecule has 0 aromatic carbocycles. The largest absolute Gasteiger partial charge is 0.500 e.